The standard InChI is InChI=1S/C17H27N3O/c1-20(16-7-3-2-4-8-16)14-6-5-11-19-17(21)15-9-12-18-13-10-15/h2-4,7-8,15,18H,5-6,9-14H2,1H3,(H,19,21). The Kier molecular flexibility index (Phi) is 6.54. The van der Waals surface area contributed by atoms with E-state index in [0.29, 0.717) is 0 Å². The molecule has 4 heteroatoms. The minimum absolute atomic E-state index is 0.221. The van der Waals surface area contributed by atoms with E-state index in [0.717, 1.165) is 51.9 Å². The van der Waals surface area contributed by atoms with Gasteiger partial charge in [-0.05, 0) is 50.9 Å². The number of carbonyl (C=O) groups excluding carboxylic acids is 1. The highest BCUT2D eigenvalue weighted by molar-refractivity contribution is 5.78. The Morgan fingerprint density at radius 2 is 1.95 bits per heavy atom. The fraction of sp³-hybridized carbons (Fsp3) is 0.588. The van der Waals surface area contributed by atoms with Gasteiger partial charge in [-0.2, -0.15) is 0 Å². The van der Waals surface area contributed by atoms with Gasteiger partial charge in [0.25, 0.3) is 0 Å². The molecule has 4 nitrogen and oxygen atoms in total. The van der Waals surface area contributed by atoms with Crippen LogP contribution in [-0.2, 0) is 4.79 Å². The van der Waals surface area contributed by atoms with Gasteiger partial charge >= 0.3 is 0 Å². The molecule has 2 rings (SSSR count). The van der Waals surface area contributed by atoms with Crippen molar-refractivity contribution in [3.05, 3.63) is 30.3 Å². The van der Waals surface area contributed by atoms with Gasteiger partial charge in [-0.25, -0.2) is 0 Å². The maximum absolute atomic E-state index is 12.0. The third-order valence-electron chi connectivity index (χ3n) is 4.13. The largest absolute Gasteiger partial charge is 0.375 e. The highest BCUT2D eigenvalue weighted by atomic mass is 16.1. The zero-order valence-corrected chi connectivity index (χ0v) is 13.0. The number of benzene rings is 1. The van der Waals surface area contributed by atoms with Crippen LogP contribution in [0, 0.1) is 5.92 Å². The summed E-state index contributed by atoms with van der Waals surface area (Å²) in [5, 5.41) is 6.37. The first kappa shape index (κ1) is 15.8. The van der Waals surface area contributed by atoms with E-state index in [-0.39, 0.29) is 11.8 Å². The van der Waals surface area contributed by atoms with Crippen LogP contribution in [0.4, 0.5) is 5.69 Å². The number of carbonyl (C=O) groups is 1. The summed E-state index contributed by atoms with van der Waals surface area (Å²) < 4.78 is 0. The number of nitrogens with one attached hydrogen (secondary N) is 2. The lowest BCUT2D eigenvalue weighted by Gasteiger charge is -2.22. The molecule has 1 aromatic rings. The van der Waals surface area contributed by atoms with Crippen LogP contribution in [0.2, 0.25) is 0 Å². The maximum atomic E-state index is 12.0. The molecule has 1 aliphatic rings. The van der Waals surface area contributed by atoms with Crippen LogP contribution < -0.4 is 15.5 Å². The summed E-state index contributed by atoms with van der Waals surface area (Å²) in [4.78, 5) is 14.2. The highest BCUT2D eigenvalue weighted by Gasteiger charge is 2.19. The van der Waals surface area contributed by atoms with E-state index >= 15 is 0 Å². The van der Waals surface area contributed by atoms with E-state index in [9.17, 15) is 4.79 Å². The molecule has 0 aliphatic carbocycles. The number of unbranched alkanes of at least 4 members (excludes halogenated alkanes) is 1. The second-order valence-electron chi connectivity index (χ2n) is 5.78. The molecule has 1 amide bonds. The van der Waals surface area contributed by atoms with Crippen LogP contribution in [0.15, 0.2) is 30.3 Å². The minimum atomic E-state index is 0.221. The van der Waals surface area contributed by atoms with Crippen molar-refractivity contribution < 1.29 is 4.79 Å². The lowest BCUT2D eigenvalue weighted by Crippen LogP contribution is -2.38. The molecule has 0 spiro atoms. The molecule has 1 aliphatic heterocycles. The van der Waals surface area contributed by atoms with Crippen LogP contribution in [0.3, 0.4) is 0 Å². The zero-order chi connectivity index (χ0) is 14.9. The predicted molar refractivity (Wildman–Crippen MR) is 87.5 cm³/mol. The summed E-state index contributed by atoms with van der Waals surface area (Å²) in [6, 6.07) is 10.4. The monoisotopic (exact) mass is 289 g/mol. The lowest BCUT2D eigenvalue weighted by molar-refractivity contribution is -0.125. The van der Waals surface area contributed by atoms with Gasteiger partial charge in [-0.3, -0.25) is 4.79 Å². The van der Waals surface area contributed by atoms with Gasteiger partial charge in [-0.15, -0.1) is 0 Å². The summed E-state index contributed by atoms with van der Waals surface area (Å²) in [5.74, 6) is 0.464. The Hall–Kier alpha value is -1.55. The number of anilines is 1. The molecule has 1 heterocycles. The number of rotatable bonds is 7. The number of para-hydroxylation sites is 1. The van der Waals surface area contributed by atoms with Gasteiger partial charge in [-0.1, -0.05) is 18.2 Å². The summed E-state index contributed by atoms with van der Waals surface area (Å²) in [6.07, 6.45) is 4.08. The normalized spacial score (nSPS) is 15.7. The van der Waals surface area contributed by atoms with Gasteiger partial charge < -0.3 is 15.5 Å². The first-order valence-electron chi connectivity index (χ1n) is 8.02. The summed E-state index contributed by atoms with van der Waals surface area (Å²) in [7, 11) is 2.11. The number of nitrogens with zero attached hydrogens (tertiary/aromatic N) is 1. The molecule has 1 aromatic carbocycles. The number of amides is 1. The molecule has 116 valence electrons. The van der Waals surface area contributed by atoms with Crippen molar-refractivity contribution in [2.75, 3.05) is 38.1 Å². The molecule has 1 fully saturated rings. The smallest absolute Gasteiger partial charge is 0.223 e. The van der Waals surface area contributed by atoms with E-state index in [2.05, 4.69) is 46.8 Å². The van der Waals surface area contributed by atoms with Crippen molar-refractivity contribution in [2.45, 2.75) is 25.7 Å². The Morgan fingerprint density at radius 3 is 2.67 bits per heavy atom. The average molecular weight is 289 g/mol. The Balaban J connectivity index is 1.56. The van der Waals surface area contributed by atoms with Crippen LogP contribution in [0.5, 0.6) is 0 Å². The van der Waals surface area contributed by atoms with Gasteiger partial charge in [0, 0.05) is 31.7 Å². The summed E-state index contributed by atoms with van der Waals surface area (Å²) in [5.41, 5.74) is 1.25. The van der Waals surface area contributed by atoms with Crippen molar-refractivity contribution in [3.63, 3.8) is 0 Å². The summed E-state index contributed by atoms with van der Waals surface area (Å²) >= 11 is 0. The molecule has 0 aromatic heterocycles. The van der Waals surface area contributed by atoms with Gasteiger partial charge in [0.05, 0.1) is 0 Å². The SMILES string of the molecule is CN(CCCCNC(=O)C1CCNCC1)c1ccccc1. The highest BCUT2D eigenvalue weighted by Crippen LogP contribution is 2.12. The maximum Gasteiger partial charge on any atom is 0.223 e. The molecular weight excluding hydrogens is 262 g/mol. The van der Waals surface area contributed by atoms with Crippen molar-refractivity contribution in [1.29, 1.82) is 0 Å². The molecular formula is C17H27N3O. The van der Waals surface area contributed by atoms with Gasteiger partial charge in [0.15, 0.2) is 0 Å². The number of hydrogen-bond donors (Lipinski definition) is 2. The molecule has 0 radical (unpaired) electrons. The second kappa shape index (κ2) is 8.67. The van der Waals surface area contributed by atoms with Crippen LogP contribution >= 0.6 is 0 Å². The first-order valence-corrected chi connectivity index (χ1v) is 8.02. The predicted octanol–water partition coefficient (Wildman–Crippen LogP) is 2.02. The fourth-order valence-corrected chi connectivity index (χ4v) is 2.73. The Labute approximate surface area is 127 Å². The Morgan fingerprint density at radius 1 is 1.24 bits per heavy atom. The first-order chi connectivity index (χ1) is 10.3. The molecule has 0 unspecified atom stereocenters. The van der Waals surface area contributed by atoms with Crippen molar-refractivity contribution in [2.24, 2.45) is 5.92 Å². The van der Waals surface area contributed by atoms with Crippen molar-refractivity contribution >= 4 is 11.6 Å². The minimum Gasteiger partial charge on any atom is -0.375 e. The van der Waals surface area contributed by atoms with Crippen molar-refractivity contribution in [3.8, 4) is 0 Å². The topological polar surface area (TPSA) is 44.4 Å². The number of piperidine rings is 1. The third-order valence-corrected chi connectivity index (χ3v) is 4.13. The van der Waals surface area contributed by atoms with E-state index in [1.165, 1.54) is 5.69 Å². The van der Waals surface area contributed by atoms with E-state index < -0.39 is 0 Å². The summed E-state index contributed by atoms with van der Waals surface area (Å²) in [6.45, 7) is 3.76. The molecule has 1 saturated heterocycles. The van der Waals surface area contributed by atoms with Gasteiger partial charge in [0.1, 0.15) is 0 Å². The van der Waals surface area contributed by atoms with Crippen LogP contribution in [-0.4, -0.2) is 39.1 Å². The fourth-order valence-electron chi connectivity index (χ4n) is 2.73. The molecule has 0 bridgehead atoms. The molecule has 21 heavy (non-hydrogen) atoms. The van der Waals surface area contributed by atoms with E-state index in [1.807, 2.05) is 6.07 Å². The van der Waals surface area contributed by atoms with Crippen molar-refractivity contribution in [1.82, 2.24) is 10.6 Å². The molecule has 0 atom stereocenters. The lowest BCUT2D eigenvalue weighted by atomic mass is 9.97. The van der Waals surface area contributed by atoms with E-state index in [4.69, 9.17) is 0 Å². The van der Waals surface area contributed by atoms with E-state index in [1.54, 1.807) is 0 Å². The molecule has 0 saturated carbocycles. The van der Waals surface area contributed by atoms with Crippen LogP contribution in [0.25, 0.3) is 0 Å². The number of hydrogen-bond acceptors (Lipinski definition) is 3. The quantitative estimate of drug-likeness (QED) is 0.755. The zero-order valence-electron chi connectivity index (χ0n) is 13.0. The molecule has 2 N–H and O–H groups in total. The third kappa shape index (κ3) is 5.38. The average Bonchev–Trinajstić information content (AvgIpc) is 2.55. The Bertz CT molecular complexity index is 415. The van der Waals surface area contributed by atoms with Crippen LogP contribution in [0.1, 0.15) is 25.7 Å². The second-order valence-corrected chi connectivity index (χ2v) is 5.78. The van der Waals surface area contributed by atoms with Gasteiger partial charge in [0.2, 0.25) is 5.91 Å².